The lowest BCUT2D eigenvalue weighted by Gasteiger charge is -2.23. The monoisotopic (exact) mass is 272 g/mol. The minimum atomic E-state index is 0.233. The summed E-state index contributed by atoms with van der Waals surface area (Å²) in [4.78, 5) is 13.5. The Morgan fingerprint density at radius 2 is 1.95 bits per heavy atom. The van der Waals surface area contributed by atoms with E-state index in [2.05, 4.69) is 25.8 Å². The number of fused-ring (bicyclic) bond motifs is 1. The number of aliphatic hydroxyl groups excluding tert-OH is 1. The van der Waals surface area contributed by atoms with Gasteiger partial charge in [-0.2, -0.15) is 0 Å². The molecule has 5 nitrogen and oxygen atoms in total. The van der Waals surface area contributed by atoms with Gasteiger partial charge in [-0.1, -0.05) is 12.1 Å². The molecule has 0 atom stereocenters. The van der Waals surface area contributed by atoms with E-state index >= 15 is 0 Å². The first-order valence-corrected chi connectivity index (χ1v) is 7.16. The number of rotatable bonds is 3. The Labute approximate surface area is 118 Å². The molecule has 1 aromatic heterocycles. The minimum absolute atomic E-state index is 0.233. The summed E-state index contributed by atoms with van der Waals surface area (Å²) in [5.41, 5.74) is 0.994. The van der Waals surface area contributed by atoms with Crippen LogP contribution in [0.1, 0.15) is 6.42 Å². The molecule has 0 spiro atoms. The summed E-state index contributed by atoms with van der Waals surface area (Å²) in [6, 6.07) is 8.15. The second-order valence-electron chi connectivity index (χ2n) is 5.12. The van der Waals surface area contributed by atoms with Crippen LogP contribution in [0.2, 0.25) is 0 Å². The van der Waals surface area contributed by atoms with Crippen molar-refractivity contribution in [2.45, 2.75) is 6.42 Å². The van der Waals surface area contributed by atoms with Gasteiger partial charge in [-0.05, 0) is 25.1 Å². The van der Waals surface area contributed by atoms with Crippen LogP contribution in [0.15, 0.2) is 30.6 Å². The molecule has 1 saturated heterocycles. The molecule has 2 aromatic rings. The molecule has 20 heavy (non-hydrogen) atoms. The molecule has 0 unspecified atom stereocenters. The van der Waals surface area contributed by atoms with Crippen LogP contribution >= 0.6 is 0 Å². The molecule has 2 heterocycles. The fraction of sp³-hybridized carbons (Fsp3) is 0.467. The molecule has 3 rings (SSSR count). The van der Waals surface area contributed by atoms with Gasteiger partial charge in [-0.3, -0.25) is 4.90 Å². The first kappa shape index (κ1) is 13.3. The predicted octanol–water partition coefficient (Wildman–Crippen LogP) is 1.13. The highest BCUT2D eigenvalue weighted by Gasteiger charge is 2.17. The number of aromatic nitrogens is 2. The SMILES string of the molecule is OCCN1CCCN(c2ncnc3ccccc23)CC1. The normalized spacial score (nSPS) is 17.4. The van der Waals surface area contributed by atoms with E-state index in [1.54, 1.807) is 6.33 Å². The topological polar surface area (TPSA) is 52.5 Å². The average Bonchev–Trinajstić information content (AvgIpc) is 2.73. The van der Waals surface area contributed by atoms with Gasteiger partial charge in [0, 0.05) is 31.6 Å². The third kappa shape index (κ3) is 2.73. The first-order valence-electron chi connectivity index (χ1n) is 7.16. The van der Waals surface area contributed by atoms with Crippen molar-refractivity contribution >= 4 is 16.7 Å². The van der Waals surface area contributed by atoms with Crippen molar-refractivity contribution < 1.29 is 5.11 Å². The van der Waals surface area contributed by atoms with Crippen LogP contribution in [0, 0.1) is 0 Å². The van der Waals surface area contributed by atoms with Gasteiger partial charge in [0.05, 0.1) is 12.1 Å². The fourth-order valence-corrected chi connectivity index (χ4v) is 2.79. The number of para-hydroxylation sites is 1. The van der Waals surface area contributed by atoms with E-state index in [1.165, 1.54) is 0 Å². The molecule has 1 aliphatic heterocycles. The van der Waals surface area contributed by atoms with Gasteiger partial charge in [-0.15, -0.1) is 0 Å². The molecule has 0 radical (unpaired) electrons. The molecular formula is C15H20N4O. The van der Waals surface area contributed by atoms with Crippen molar-refractivity contribution in [3.63, 3.8) is 0 Å². The van der Waals surface area contributed by atoms with Crippen LogP contribution in [0.25, 0.3) is 10.9 Å². The van der Waals surface area contributed by atoms with Crippen LogP contribution in [0.4, 0.5) is 5.82 Å². The lowest BCUT2D eigenvalue weighted by atomic mass is 10.2. The molecule has 1 aromatic carbocycles. The van der Waals surface area contributed by atoms with Gasteiger partial charge in [-0.25, -0.2) is 9.97 Å². The standard InChI is InChI=1S/C15H20N4O/c20-11-10-18-6-3-7-19(9-8-18)15-13-4-1-2-5-14(13)16-12-17-15/h1-2,4-5,12,20H,3,6-11H2. The largest absolute Gasteiger partial charge is 0.395 e. The summed E-state index contributed by atoms with van der Waals surface area (Å²) < 4.78 is 0. The Morgan fingerprint density at radius 3 is 2.85 bits per heavy atom. The zero-order valence-electron chi connectivity index (χ0n) is 11.6. The third-order valence-corrected chi connectivity index (χ3v) is 3.83. The number of benzene rings is 1. The van der Waals surface area contributed by atoms with Gasteiger partial charge in [0.2, 0.25) is 0 Å². The van der Waals surface area contributed by atoms with E-state index in [9.17, 15) is 0 Å². The molecule has 0 bridgehead atoms. The summed E-state index contributed by atoms with van der Waals surface area (Å²) in [5.74, 6) is 1.03. The van der Waals surface area contributed by atoms with Gasteiger partial charge in [0.15, 0.2) is 0 Å². The molecule has 0 amide bonds. The highest BCUT2D eigenvalue weighted by molar-refractivity contribution is 5.89. The average molecular weight is 272 g/mol. The summed E-state index contributed by atoms with van der Waals surface area (Å²) in [5, 5.41) is 10.2. The minimum Gasteiger partial charge on any atom is -0.395 e. The summed E-state index contributed by atoms with van der Waals surface area (Å²) in [6.07, 6.45) is 2.74. The van der Waals surface area contributed by atoms with Crippen molar-refractivity contribution in [3.8, 4) is 0 Å². The van der Waals surface area contributed by atoms with E-state index in [-0.39, 0.29) is 6.61 Å². The van der Waals surface area contributed by atoms with Crippen LogP contribution in [-0.4, -0.2) is 59.3 Å². The second-order valence-corrected chi connectivity index (χ2v) is 5.12. The van der Waals surface area contributed by atoms with Crippen LogP contribution in [0.5, 0.6) is 0 Å². The molecular weight excluding hydrogens is 252 g/mol. The zero-order chi connectivity index (χ0) is 13.8. The molecule has 1 fully saturated rings. The van der Waals surface area contributed by atoms with Crippen molar-refractivity contribution in [2.75, 3.05) is 44.2 Å². The van der Waals surface area contributed by atoms with E-state index in [0.717, 1.165) is 55.9 Å². The maximum absolute atomic E-state index is 9.06. The molecule has 1 aliphatic rings. The quantitative estimate of drug-likeness (QED) is 0.908. The van der Waals surface area contributed by atoms with E-state index in [0.29, 0.717) is 0 Å². The van der Waals surface area contributed by atoms with E-state index in [1.807, 2.05) is 18.2 Å². The van der Waals surface area contributed by atoms with Crippen molar-refractivity contribution in [2.24, 2.45) is 0 Å². The molecule has 0 saturated carbocycles. The number of hydrogen-bond donors (Lipinski definition) is 1. The Morgan fingerprint density at radius 1 is 1.05 bits per heavy atom. The Hall–Kier alpha value is -1.72. The smallest absolute Gasteiger partial charge is 0.139 e. The van der Waals surface area contributed by atoms with Gasteiger partial charge in [0.1, 0.15) is 12.1 Å². The maximum atomic E-state index is 9.06. The van der Waals surface area contributed by atoms with Gasteiger partial charge >= 0.3 is 0 Å². The Balaban J connectivity index is 1.84. The summed E-state index contributed by atoms with van der Waals surface area (Å²) >= 11 is 0. The van der Waals surface area contributed by atoms with Gasteiger partial charge < -0.3 is 10.0 Å². The number of β-amino-alcohol motifs (C(OH)–C–C–N with tert-alkyl or cyclic N) is 1. The predicted molar refractivity (Wildman–Crippen MR) is 79.9 cm³/mol. The highest BCUT2D eigenvalue weighted by Crippen LogP contribution is 2.23. The van der Waals surface area contributed by atoms with E-state index < -0.39 is 0 Å². The number of hydrogen-bond acceptors (Lipinski definition) is 5. The number of anilines is 1. The Bertz CT molecular complexity index is 569. The summed E-state index contributed by atoms with van der Waals surface area (Å²) in [6.45, 7) is 4.96. The number of aliphatic hydroxyl groups is 1. The summed E-state index contributed by atoms with van der Waals surface area (Å²) in [7, 11) is 0. The van der Waals surface area contributed by atoms with Crippen molar-refractivity contribution in [3.05, 3.63) is 30.6 Å². The molecule has 106 valence electrons. The fourth-order valence-electron chi connectivity index (χ4n) is 2.79. The van der Waals surface area contributed by atoms with Crippen LogP contribution in [-0.2, 0) is 0 Å². The van der Waals surface area contributed by atoms with Crippen LogP contribution < -0.4 is 4.90 Å². The first-order chi connectivity index (χ1) is 9.88. The van der Waals surface area contributed by atoms with Crippen LogP contribution in [0.3, 0.4) is 0 Å². The highest BCUT2D eigenvalue weighted by atomic mass is 16.3. The number of nitrogens with zero attached hydrogens (tertiary/aromatic N) is 4. The van der Waals surface area contributed by atoms with Crippen molar-refractivity contribution in [1.29, 1.82) is 0 Å². The molecule has 5 heteroatoms. The lowest BCUT2D eigenvalue weighted by Crippen LogP contribution is -2.32. The second kappa shape index (κ2) is 6.15. The van der Waals surface area contributed by atoms with Gasteiger partial charge in [0.25, 0.3) is 0 Å². The molecule has 0 aliphatic carbocycles. The van der Waals surface area contributed by atoms with E-state index in [4.69, 9.17) is 5.11 Å². The Kier molecular flexibility index (Phi) is 4.08. The third-order valence-electron chi connectivity index (χ3n) is 3.83. The zero-order valence-corrected chi connectivity index (χ0v) is 11.6. The lowest BCUT2D eigenvalue weighted by molar-refractivity contribution is 0.204. The molecule has 1 N–H and O–H groups in total. The van der Waals surface area contributed by atoms with Crippen molar-refractivity contribution in [1.82, 2.24) is 14.9 Å². The maximum Gasteiger partial charge on any atom is 0.139 e.